The number of anilines is 2. The van der Waals surface area contributed by atoms with Crippen LogP contribution in [0.4, 0.5) is 11.5 Å². The van der Waals surface area contributed by atoms with Gasteiger partial charge in [-0.15, -0.1) is 0 Å². The number of carbonyl (C=O) groups excluding carboxylic acids is 2. The van der Waals surface area contributed by atoms with Gasteiger partial charge in [-0.3, -0.25) is 9.59 Å². The first-order valence-corrected chi connectivity index (χ1v) is 10.7. The first-order chi connectivity index (χ1) is 15.1. The van der Waals surface area contributed by atoms with E-state index >= 15 is 0 Å². The molecule has 1 aromatic carbocycles. The van der Waals surface area contributed by atoms with Crippen molar-refractivity contribution in [2.75, 3.05) is 16.8 Å². The van der Waals surface area contributed by atoms with Crippen molar-refractivity contribution in [2.24, 2.45) is 5.92 Å². The van der Waals surface area contributed by atoms with Gasteiger partial charge in [0.2, 0.25) is 11.8 Å². The van der Waals surface area contributed by atoms with E-state index in [-0.39, 0.29) is 23.7 Å². The van der Waals surface area contributed by atoms with E-state index in [9.17, 15) is 9.59 Å². The van der Waals surface area contributed by atoms with Crippen molar-refractivity contribution in [3.8, 4) is 5.95 Å². The van der Waals surface area contributed by atoms with E-state index < -0.39 is 5.92 Å². The van der Waals surface area contributed by atoms with E-state index in [4.69, 9.17) is 0 Å². The van der Waals surface area contributed by atoms with Crippen LogP contribution in [0.5, 0.6) is 0 Å². The summed E-state index contributed by atoms with van der Waals surface area (Å²) in [6.07, 6.45) is 3.43. The summed E-state index contributed by atoms with van der Waals surface area (Å²) in [4.78, 5) is 36.1. The van der Waals surface area contributed by atoms with Gasteiger partial charge in [-0.2, -0.15) is 9.78 Å². The SMILES string of the molecule is Cc1cccc(N2CC(C(=O)Nc3cc(C(C)(C)C)nn3-c3ncccn3)CC2=O)c1C. The van der Waals surface area contributed by atoms with Crippen LogP contribution >= 0.6 is 0 Å². The maximum atomic E-state index is 13.2. The summed E-state index contributed by atoms with van der Waals surface area (Å²) in [5, 5.41) is 7.59. The summed E-state index contributed by atoms with van der Waals surface area (Å²) in [5.41, 5.74) is 3.62. The Bertz CT molecular complexity index is 1160. The van der Waals surface area contributed by atoms with Gasteiger partial charge < -0.3 is 10.2 Å². The van der Waals surface area contributed by atoms with E-state index in [2.05, 4.69) is 41.2 Å². The standard InChI is InChI=1S/C24H28N6O2/c1-15-8-6-9-18(16(15)2)29-14-17(12-21(29)31)22(32)27-20-13-19(24(3,4)5)28-30(20)23-25-10-7-11-26-23/h6-11,13,17H,12,14H2,1-5H3,(H,27,32). The number of nitrogens with zero attached hydrogens (tertiary/aromatic N) is 5. The molecule has 1 fully saturated rings. The molecule has 1 atom stereocenters. The number of aromatic nitrogens is 4. The van der Waals surface area contributed by atoms with Crippen molar-refractivity contribution < 1.29 is 9.59 Å². The summed E-state index contributed by atoms with van der Waals surface area (Å²) in [7, 11) is 0. The maximum Gasteiger partial charge on any atom is 0.252 e. The summed E-state index contributed by atoms with van der Waals surface area (Å²) >= 11 is 0. The van der Waals surface area contributed by atoms with Crippen molar-refractivity contribution in [3.63, 3.8) is 0 Å². The average molecular weight is 433 g/mol. The molecule has 3 heterocycles. The topological polar surface area (TPSA) is 93.0 Å². The lowest BCUT2D eigenvalue weighted by Gasteiger charge is -2.20. The lowest BCUT2D eigenvalue weighted by molar-refractivity contribution is -0.122. The van der Waals surface area contributed by atoms with Gasteiger partial charge in [0.25, 0.3) is 5.95 Å². The Balaban J connectivity index is 1.59. The van der Waals surface area contributed by atoms with Crippen LogP contribution in [0.1, 0.15) is 44.0 Å². The molecule has 1 unspecified atom stereocenters. The normalized spacial score (nSPS) is 16.5. The first kappa shape index (κ1) is 21.7. The van der Waals surface area contributed by atoms with Crippen molar-refractivity contribution in [3.05, 3.63) is 59.5 Å². The highest BCUT2D eigenvalue weighted by atomic mass is 16.2. The summed E-state index contributed by atoms with van der Waals surface area (Å²) in [5.74, 6) is 0.139. The molecule has 4 rings (SSSR count). The number of nitrogens with one attached hydrogen (secondary N) is 1. The minimum atomic E-state index is -0.458. The van der Waals surface area contributed by atoms with Gasteiger partial charge in [0.1, 0.15) is 5.82 Å². The van der Waals surface area contributed by atoms with Crippen LogP contribution in [0.2, 0.25) is 0 Å². The largest absolute Gasteiger partial charge is 0.311 e. The zero-order chi connectivity index (χ0) is 23.0. The minimum absolute atomic E-state index is 0.0471. The second-order valence-electron chi connectivity index (χ2n) is 9.24. The molecule has 0 aliphatic carbocycles. The van der Waals surface area contributed by atoms with Crippen LogP contribution in [0.3, 0.4) is 0 Å². The Morgan fingerprint density at radius 1 is 1.12 bits per heavy atom. The van der Waals surface area contributed by atoms with Crippen LogP contribution in [-0.4, -0.2) is 38.1 Å². The van der Waals surface area contributed by atoms with E-state index in [0.29, 0.717) is 18.3 Å². The molecule has 8 heteroatoms. The maximum absolute atomic E-state index is 13.2. The van der Waals surface area contributed by atoms with E-state index in [0.717, 1.165) is 22.5 Å². The van der Waals surface area contributed by atoms with Crippen molar-refractivity contribution >= 4 is 23.3 Å². The van der Waals surface area contributed by atoms with Crippen molar-refractivity contribution in [1.82, 2.24) is 19.7 Å². The number of aryl methyl sites for hydroxylation is 1. The predicted molar refractivity (Wildman–Crippen MR) is 123 cm³/mol. The number of hydrogen-bond donors (Lipinski definition) is 1. The van der Waals surface area contributed by atoms with Crippen LogP contribution < -0.4 is 10.2 Å². The molecule has 0 spiro atoms. The minimum Gasteiger partial charge on any atom is -0.311 e. The Morgan fingerprint density at radius 2 is 1.84 bits per heavy atom. The number of benzene rings is 1. The monoisotopic (exact) mass is 432 g/mol. The van der Waals surface area contributed by atoms with Crippen LogP contribution in [0.25, 0.3) is 5.95 Å². The third kappa shape index (κ3) is 4.12. The zero-order valence-corrected chi connectivity index (χ0v) is 19.1. The molecular weight excluding hydrogens is 404 g/mol. The zero-order valence-electron chi connectivity index (χ0n) is 19.1. The molecule has 0 radical (unpaired) electrons. The highest BCUT2D eigenvalue weighted by molar-refractivity contribution is 6.03. The summed E-state index contributed by atoms with van der Waals surface area (Å²) in [6.45, 7) is 10.5. The Kier molecular flexibility index (Phi) is 5.54. The number of hydrogen-bond acceptors (Lipinski definition) is 5. The average Bonchev–Trinajstić information content (AvgIpc) is 3.35. The summed E-state index contributed by atoms with van der Waals surface area (Å²) < 4.78 is 1.54. The second-order valence-corrected chi connectivity index (χ2v) is 9.24. The summed E-state index contributed by atoms with van der Waals surface area (Å²) in [6, 6.07) is 9.45. The smallest absolute Gasteiger partial charge is 0.252 e. The molecular formula is C24H28N6O2. The van der Waals surface area contributed by atoms with Gasteiger partial charge >= 0.3 is 0 Å². The van der Waals surface area contributed by atoms with Crippen LogP contribution in [0, 0.1) is 19.8 Å². The Hall–Kier alpha value is -3.55. The second kappa shape index (κ2) is 8.18. The molecule has 0 bridgehead atoms. The fourth-order valence-electron chi connectivity index (χ4n) is 3.76. The highest BCUT2D eigenvalue weighted by Gasteiger charge is 2.36. The van der Waals surface area contributed by atoms with Crippen LogP contribution in [-0.2, 0) is 15.0 Å². The van der Waals surface area contributed by atoms with Crippen molar-refractivity contribution in [2.45, 2.75) is 46.5 Å². The lowest BCUT2D eigenvalue weighted by atomic mass is 9.92. The van der Waals surface area contributed by atoms with Gasteiger partial charge in [0.15, 0.2) is 0 Å². The number of amides is 2. The quantitative estimate of drug-likeness (QED) is 0.680. The molecule has 166 valence electrons. The molecule has 1 saturated heterocycles. The fraction of sp³-hybridized carbons (Fsp3) is 0.375. The predicted octanol–water partition coefficient (Wildman–Crippen LogP) is 3.57. The molecule has 2 aromatic heterocycles. The van der Waals surface area contributed by atoms with Crippen molar-refractivity contribution in [1.29, 1.82) is 0 Å². The molecule has 32 heavy (non-hydrogen) atoms. The van der Waals surface area contributed by atoms with Crippen LogP contribution in [0.15, 0.2) is 42.7 Å². The molecule has 2 amide bonds. The van der Waals surface area contributed by atoms with Gasteiger partial charge in [-0.1, -0.05) is 32.9 Å². The highest BCUT2D eigenvalue weighted by Crippen LogP contribution is 2.31. The fourth-order valence-corrected chi connectivity index (χ4v) is 3.76. The third-order valence-corrected chi connectivity index (χ3v) is 5.83. The molecule has 1 N–H and O–H groups in total. The van der Waals surface area contributed by atoms with E-state index in [1.54, 1.807) is 23.4 Å². The molecule has 1 aliphatic heterocycles. The van der Waals surface area contributed by atoms with Gasteiger partial charge in [-0.05, 0) is 37.1 Å². The molecule has 0 saturated carbocycles. The van der Waals surface area contributed by atoms with Gasteiger partial charge in [0, 0.05) is 42.5 Å². The Labute approximate surface area is 187 Å². The Morgan fingerprint density at radius 3 is 2.53 bits per heavy atom. The number of rotatable bonds is 4. The van der Waals surface area contributed by atoms with Gasteiger partial charge in [0.05, 0.1) is 11.6 Å². The van der Waals surface area contributed by atoms with E-state index in [1.807, 2.05) is 38.1 Å². The van der Waals surface area contributed by atoms with Gasteiger partial charge in [-0.25, -0.2) is 9.97 Å². The lowest BCUT2D eigenvalue weighted by Crippen LogP contribution is -2.29. The van der Waals surface area contributed by atoms with E-state index in [1.165, 1.54) is 4.68 Å². The number of carbonyl (C=O) groups is 2. The third-order valence-electron chi connectivity index (χ3n) is 5.83. The molecule has 3 aromatic rings. The first-order valence-electron chi connectivity index (χ1n) is 10.7. The molecule has 1 aliphatic rings. The molecule has 8 nitrogen and oxygen atoms in total.